The minimum atomic E-state index is 0.388. The molecule has 1 saturated heterocycles. The van der Waals surface area contributed by atoms with E-state index in [4.69, 9.17) is 4.74 Å². The smallest absolute Gasteiger partial charge is 0.323 e. The maximum atomic E-state index is 5.51. The lowest BCUT2D eigenvalue weighted by molar-refractivity contribution is 0.292. The van der Waals surface area contributed by atoms with Gasteiger partial charge in [-0.15, -0.1) is 0 Å². The molecule has 1 unspecified atom stereocenters. The Bertz CT molecular complexity index is 412. The standard InChI is InChI=1S/C13H23N5OS/c1-3-7-19-13-17-11(14-4-2)16-12(18-13)15-9-10-6-5-8-20-10/h10H,3-9H2,1-2H3,(H2,14,15,16,17,18). The quantitative estimate of drug-likeness (QED) is 0.763. The largest absolute Gasteiger partial charge is 0.463 e. The lowest BCUT2D eigenvalue weighted by Crippen LogP contribution is -2.17. The van der Waals surface area contributed by atoms with Gasteiger partial charge in [0.15, 0.2) is 0 Å². The highest BCUT2D eigenvalue weighted by Crippen LogP contribution is 2.26. The van der Waals surface area contributed by atoms with Crippen molar-refractivity contribution in [1.29, 1.82) is 0 Å². The molecule has 20 heavy (non-hydrogen) atoms. The summed E-state index contributed by atoms with van der Waals surface area (Å²) in [4.78, 5) is 12.9. The Kier molecular flexibility index (Phi) is 6.17. The maximum absolute atomic E-state index is 5.51. The molecule has 1 fully saturated rings. The molecule has 1 aromatic heterocycles. The lowest BCUT2D eigenvalue weighted by Gasteiger charge is -2.12. The molecule has 6 nitrogen and oxygen atoms in total. The summed E-state index contributed by atoms with van der Waals surface area (Å²) in [6, 6.07) is 0.388. The second kappa shape index (κ2) is 8.14. The van der Waals surface area contributed by atoms with E-state index in [1.54, 1.807) is 0 Å². The zero-order valence-corrected chi connectivity index (χ0v) is 13.0. The van der Waals surface area contributed by atoms with Crippen molar-refractivity contribution in [3.8, 4) is 6.01 Å². The number of rotatable bonds is 8. The fourth-order valence-corrected chi connectivity index (χ4v) is 3.14. The normalized spacial score (nSPS) is 18.0. The fraction of sp³-hybridized carbons (Fsp3) is 0.769. The number of nitrogens with one attached hydrogen (secondary N) is 2. The molecule has 1 aliphatic heterocycles. The minimum absolute atomic E-state index is 0.388. The van der Waals surface area contributed by atoms with Crippen LogP contribution in [0, 0.1) is 0 Å². The van der Waals surface area contributed by atoms with Crippen molar-refractivity contribution in [1.82, 2.24) is 15.0 Å². The predicted octanol–water partition coefficient (Wildman–Crippen LogP) is 2.40. The zero-order valence-electron chi connectivity index (χ0n) is 12.2. The van der Waals surface area contributed by atoms with Crippen LogP contribution in [0.4, 0.5) is 11.9 Å². The molecule has 1 aliphatic rings. The Morgan fingerprint density at radius 3 is 2.65 bits per heavy atom. The Morgan fingerprint density at radius 1 is 1.20 bits per heavy atom. The monoisotopic (exact) mass is 297 g/mol. The number of anilines is 2. The molecule has 0 aromatic carbocycles. The Balaban J connectivity index is 1.98. The van der Waals surface area contributed by atoms with Crippen LogP contribution in [0.3, 0.4) is 0 Å². The van der Waals surface area contributed by atoms with Crippen LogP contribution in [0.15, 0.2) is 0 Å². The number of hydrogen-bond donors (Lipinski definition) is 2. The van der Waals surface area contributed by atoms with Gasteiger partial charge in [-0.25, -0.2) is 0 Å². The summed E-state index contributed by atoms with van der Waals surface area (Å²) in [5.41, 5.74) is 0. The van der Waals surface area contributed by atoms with Crippen molar-refractivity contribution < 1.29 is 4.74 Å². The van der Waals surface area contributed by atoms with Crippen LogP contribution in [0.2, 0.25) is 0 Å². The predicted molar refractivity (Wildman–Crippen MR) is 83.7 cm³/mol. The van der Waals surface area contributed by atoms with E-state index < -0.39 is 0 Å². The SMILES string of the molecule is CCCOc1nc(NCC)nc(NCC2CCCS2)n1. The van der Waals surface area contributed by atoms with Gasteiger partial charge in [-0.1, -0.05) is 6.92 Å². The molecule has 0 bridgehead atoms. The number of thioether (sulfide) groups is 1. The highest BCUT2D eigenvalue weighted by atomic mass is 32.2. The Hall–Kier alpha value is -1.24. The first kappa shape index (κ1) is 15.2. The third kappa shape index (κ3) is 4.70. The summed E-state index contributed by atoms with van der Waals surface area (Å²) in [5, 5.41) is 7.07. The van der Waals surface area contributed by atoms with Gasteiger partial charge in [0.25, 0.3) is 0 Å². The molecule has 7 heteroatoms. The van der Waals surface area contributed by atoms with Crippen molar-refractivity contribution in [2.24, 2.45) is 0 Å². The van der Waals surface area contributed by atoms with E-state index in [0.717, 1.165) is 19.5 Å². The molecule has 0 aliphatic carbocycles. The van der Waals surface area contributed by atoms with E-state index in [0.29, 0.717) is 29.8 Å². The van der Waals surface area contributed by atoms with Crippen molar-refractivity contribution >= 4 is 23.7 Å². The fourth-order valence-electron chi connectivity index (χ4n) is 1.94. The van der Waals surface area contributed by atoms with Gasteiger partial charge < -0.3 is 15.4 Å². The molecule has 112 valence electrons. The Labute approximate surface area is 124 Å². The van der Waals surface area contributed by atoms with Crippen molar-refractivity contribution in [3.63, 3.8) is 0 Å². The van der Waals surface area contributed by atoms with E-state index in [9.17, 15) is 0 Å². The van der Waals surface area contributed by atoms with Gasteiger partial charge in [-0.2, -0.15) is 26.7 Å². The summed E-state index contributed by atoms with van der Waals surface area (Å²) in [6.45, 7) is 6.36. The van der Waals surface area contributed by atoms with E-state index >= 15 is 0 Å². The van der Waals surface area contributed by atoms with Crippen LogP contribution in [-0.2, 0) is 0 Å². The molecule has 0 spiro atoms. The minimum Gasteiger partial charge on any atom is -0.463 e. The van der Waals surface area contributed by atoms with Crippen LogP contribution in [0.5, 0.6) is 6.01 Å². The molecule has 0 amide bonds. The molecule has 2 heterocycles. The summed E-state index contributed by atoms with van der Waals surface area (Å²) in [7, 11) is 0. The molecule has 1 atom stereocenters. The second-order valence-corrected chi connectivity index (χ2v) is 6.07. The van der Waals surface area contributed by atoms with Crippen LogP contribution in [0.25, 0.3) is 0 Å². The number of hydrogen-bond acceptors (Lipinski definition) is 7. The topological polar surface area (TPSA) is 72.0 Å². The van der Waals surface area contributed by atoms with Crippen molar-refractivity contribution in [2.75, 3.05) is 36.1 Å². The van der Waals surface area contributed by atoms with Gasteiger partial charge in [-0.05, 0) is 31.9 Å². The summed E-state index contributed by atoms with van der Waals surface area (Å²) in [5.74, 6) is 2.42. The third-order valence-electron chi connectivity index (χ3n) is 2.90. The maximum Gasteiger partial charge on any atom is 0.323 e. The van der Waals surface area contributed by atoms with E-state index in [1.807, 2.05) is 18.7 Å². The van der Waals surface area contributed by atoms with Gasteiger partial charge in [0, 0.05) is 18.3 Å². The van der Waals surface area contributed by atoms with E-state index in [-0.39, 0.29) is 0 Å². The second-order valence-electron chi connectivity index (χ2n) is 4.66. The average Bonchev–Trinajstić information content (AvgIpc) is 2.96. The van der Waals surface area contributed by atoms with Crippen LogP contribution in [0.1, 0.15) is 33.1 Å². The summed E-state index contributed by atoms with van der Waals surface area (Å²) < 4.78 is 5.51. The van der Waals surface area contributed by atoms with Gasteiger partial charge in [0.1, 0.15) is 0 Å². The van der Waals surface area contributed by atoms with Gasteiger partial charge in [0.05, 0.1) is 6.61 Å². The molecule has 2 N–H and O–H groups in total. The highest BCUT2D eigenvalue weighted by molar-refractivity contribution is 8.00. The summed E-state index contributed by atoms with van der Waals surface area (Å²) in [6.07, 6.45) is 3.51. The van der Waals surface area contributed by atoms with Crippen molar-refractivity contribution in [3.05, 3.63) is 0 Å². The zero-order chi connectivity index (χ0) is 14.2. The number of ether oxygens (including phenoxy) is 1. The van der Waals surface area contributed by atoms with Gasteiger partial charge >= 0.3 is 6.01 Å². The van der Waals surface area contributed by atoms with Crippen molar-refractivity contribution in [2.45, 2.75) is 38.4 Å². The van der Waals surface area contributed by atoms with Crippen LogP contribution < -0.4 is 15.4 Å². The first-order chi connectivity index (χ1) is 9.81. The van der Waals surface area contributed by atoms with E-state index in [1.165, 1.54) is 18.6 Å². The first-order valence-electron chi connectivity index (χ1n) is 7.30. The number of aromatic nitrogens is 3. The molecular weight excluding hydrogens is 274 g/mol. The van der Waals surface area contributed by atoms with Gasteiger partial charge in [0.2, 0.25) is 11.9 Å². The first-order valence-corrected chi connectivity index (χ1v) is 8.35. The molecular formula is C13H23N5OS. The molecule has 0 radical (unpaired) electrons. The molecule has 0 saturated carbocycles. The lowest BCUT2D eigenvalue weighted by atomic mass is 10.2. The summed E-state index contributed by atoms with van der Waals surface area (Å²) >= 11 is 2.01. The van der Waals surface area contributed by atoms with Crippen LogP contribution in [-0.4, -0.2) is 45.7 Å². The number of nitrogens with zero attached hydrogens (tertiary/aromatic N) is 3. The Morgan fingerprint density at radius 2 is 2.00 bits per heavy atom. The van der Waals surface area contributed by atoms with Gasteiger partial charge in [-0.3, -0.25) is 0 Å². The highest BCUT2D eigenvalue weighted by Gasteiger charge is 2.16. The third-order valence-corrected chi connectivity index (χ3v) is 4.30. The molecule has 1 aromatic rings. The van der Waals surface area contributed by atoms with Crippen LogP contribution >= 0.6 is 11.8 Å². The van der Waals surface area contributed by atoms with E-state index in [2.05, 4.69) is 32.5 Å². The molecule has 2 rings (SSSR count). The average molecular weight is 297 g/mol.